The van der Waals surface area contributed by atoms with E-state index in [1.165, 1.54) is 11.3 Å². The average Bonchev–Trinajstić information content (AvgIpc) is 2.90. The molecule has 0 fully saturated rings. The Labute approximate surface area is 143 Å². The van der Waals surface area contributed by atoms with Crippen LogP contribution in [0.3, 0.4) is 0 Å². The SMILES string of the molecule is COc1ccccc1CCNC(=O)c1nc(Br)sc1C(C)C. The topological polar surface area (TPSA) is 51.2 Å². The average molecular weight is 383 g/mol. The van der Waals surface area contributed by atoms with E-state index in [1.807, 2.05) is 24.3 Å². The normalized spacial score (nSPS) is 10.8. The highest BCUT2D eigenvalue weighted by molar-refractivity contribution is 9.11. The molecule has 1 aromatic carbocycles. The lowest BCUT2D eigenvalue weighted by Gasteiger charge is -2.09. The molecular formula is C16H19BrN2O2S. The van der Waals surface area contributed by atoms with E-state index in [1.54, 1.807) is 7.11 Å². The van der Waals surface area contributed by atoms with Gasteiger partial charge < -0.3 is 10.1 Å². The third-order valence-electron chi connectivity index (χ3n) is 3.24. The molecule has 2 rings (SSSR count). The van der Waals surface area contributed by atoms with Crippen LogP contribution in [0.4, 0.5) is 0 Å². The van der Waals surface area contributed by atoms with Crippen LogP contribution in [0, 0.1) is 0 Å². The first-order valence-corrected chi connectivity index (χ1v) is 8.70. The molecule has 2 aromatic rings. The quantitative estimate of drug-likeness (QED) is 0.820. The van der Waals surface area contributed by atoms with Gasteiger partial charge in [-0.3, -0.25) is 4.79 Å². The number of benzene rings is 1. The van der Waals surface area contributed by atoms with Gasteiger partial charge in [0, 0.05) is 11.4 Å². The summed E-state index contributed by atoms with van der Waals surface area (Å²) >= 11 is 4.87. The summed E-state index contributed by atoms with van der Waals surface area (Å²) in [6.45, 7) is 4.67. The molecule has 0 saturated carbocycles. The highest BCUT2D eigenvalue weighted by Crippen LogP contribution is 2.29. The minimum atomic E-state index is -0.124. The lowest BCUT2D eigenvalue weighted by Crippen LogP contribution is -2.27. The molecule has 0 aliphatic carbocycles. The molecule has 1 amide bonds. The lowest BCUT2D eigenvalue weighted by atomic mass is 10.1. The number of para-hydroxylation sites is 1. The number of amides is 1. The van der Waals surface area contributed by atoms with Crippen molar-refractivity contribution in [1.29, 1.82) is 0 Å². The van der Waals surface area contributed by atoms with Gasteiger partial charge >= 0.3 is 0 Å². The molecule has 6 heteroatoms. The molecule has 1 heterocycles. The summed E-state index contributed by atoms with van der Waals surface area (Å²) in [4.78, 5) is 17.6. The summed E-state index contributed by atoms with van der Waals surface area (Å²) in [5.74, 6) is 0.996. The van der Waals surface area contributed by atoms with Crippen molar-refractivity contribution in [2.45, 2.75) is 26.2 Å². The molecule has 1 aromatic heterocycles. The molecule has 0 spiro atoms. The predicted octanol–water partition coefficient (Wildman–Crippen LogP) is 4.01. The molecule has 118 valence electrons. The molecule has 0 atom stereocenters. The molecule has 0 bridgehead atoms. The summed E-state index contributed by atoms with van der Waals surface area (Å²) < 4.78 is 6.05. The summed E-state index contributed by atoms with van der Waals surface area (Å²) in [6.07, 6.45) is 0.720. The van der Waals surface area contributed by atoms with Crippen molar-refractivity contribution in [2.75, 3.05) is 13.7 Å². The van der Waals surface area contributed by atoms with E-state index in [4.69, 9.17) is 4.74 Å². The van der Waals surface area contributed by atoms with Gasteiger partial charge in [-0.2, -0.15) is 0 Å². The third-order valence-corrected chi connectivity index (χ3v) is 5.05. The summed E-state index contributed by atoms with van der Waals surface area (Å²) in [5, 5.41) is 2.94. The maximum absolute atomic E-state index is 12.3. The van der Waals surface area contributed by atoms with E-state index in [0.717, 1.165) is 26.5 Å². The number of hydrogen-bond acceptors (Lipinski definition) is 4. The molecule has 0 saturated heterocycles. The van der Waals surface area contributed by atoms with Crippen molar-refractivity contribution in [1.82, 2.24) is 10.3 Å². The Bertz CT molecular complexity index is 655. The molecule has 1 N–H and O–H groups in total. The number of nitrogens with one attached hydrogen (secondary N) is 1. The van der Waals surface area contributed by atoms with Crippen LogP contribution in [0.1, 0.15) is 40.7 Å². The first-order chi connectivity index (χ1) is 10.5. The molecule has 22 heavy (non-hydrogen) atoms. The molecule has 0 aliphatic rings. The van der Waals surface area contributed by atoms with E-state index < -0.39 is 0 Å². The predicted molar refractivity (Wildman–Crippen MR) is 92.9 cm³/mol. The second-order valence-electron chi connectivity index (χ2n) is 5.15. The van der Waals surface area contributed by atoms with Gasteiger partial charge in [0.15, 0.2) is 3.92 Å². The number of aromatic nitrogens is 1. The minimum Gasteiger partial charge on any atom is -0.496 e. The van der Waals surface area contributed by atoms with Crippen LogP contribution in [0.5, 0.6) is 5.75 Å². The van der Waals surface area contributed by atoms with Crippen molar-refractivity contribution >= 4 is 33.2 Å². The van der Waals surface area contributed by atoms with E-state index in [-0.39, 0.29) is 11.8 Å². The number of carbonyl (C=O) groups excluding carboxylic acids is 1. The van der Waals surface area contributed by atoms with Gasteiger partial charge in [0.25, 0.3) is 5.91 Å². The van der Waals surface area contributed by atoms with Gasteiger partial charge in [-0.15, -0.1) is 11.3 Å². The fourth-order valence-corrected chi connectivity index (χ4v) is 3.65. The number of thiazole rings is 1. The molecule has 4 nitrogen and oxygen atoms in total. The number of carbonyl (C=O) groups is 1. The van der Waals surface area contributed by atoms with Crippen LogP contribution in [-0.4, -0.2) is 24.5 Å². The first-order valence-electron chi connectivity index (χ1n) is 7.09. The lowest BCUT2D eigenvalue weighted by molar-refractivity contribution is 0.0948. The Morgan fingerprint density at radius 1 is 1.41 bits per heavy atom. The minimum absolute atomic E-state index is 0.124. The van der Waals surface area contributed by atoms with E-state index in [2.05, 4.69) is 40.1 Å². The third kappa shape index (κ3) is 4.08. The van der Waals surface area contributed by atoms with Gasteiger partial charge in [0.05, 0.1) is 7.11 Å². The number of methoxy groups -OCH3 is 1. The molecule has 0 aliphatic heterocycles. The van der Waals surface area contributed by atoms with Crippen LogP contribution in [0.2, 0.25) is 0 Å². The second kappa shape index (κ2) is 7.74. The monoisotopic (exact) mass is 382 g/mol. The Balaban J connectivity index is 1.99. The van der Waals surface area contributed by atoms with Crippen molar-refractivity contribution in [2.24, 2.45) is 0 Å². The summed E-state index contributed by atoms with van der Waals surface area (Å²) in [6, 6.07) is 7.83. The molecular weight excluding hydrogens is 364 g/mol. The maximum Gasteiger partial charge on any atom is 0.271 e. The second-order valence-corrected chi connectivity index (χ2v) is 7.46. The Morgan fingerprint density at radius 2 is 2.14 bits per heavy atom. The van der Waals surface area contributed by atoms with Crippen LogP contribution in [0.15, 0.2) is 28.2 Å². The fraction of sp³-hybridized carbons (Fsp3) is 0.375. The Hall–Kier alpha value is -1.40. The van der Waals surface area contributed by atoms with Crippen molar-refractivity contribution < 1.29 is 9.53 Å². The largest absolute Gasteiger partial charge is 0.496 e. The zero-order chi connectivity index (χ0) is 16.1. The number of halogens is 1. The Kier molecular flexibility index (Phi) is 5.97. The van der Waals surface area contributed by atoms with E-state index in [9.17, 15) is 4.79 Å². The van der Waals surface area contributed by atoms with Crippen LogP contribution in [0.25, 0.3) is 0 Å². The fourth-order valence-electron chi connectivity index (χ4n) is 2.16. The Morgan fingerprint density at radius 3 is 2.82 bits per heavy atom. The highest BCUT2D eigenvalue weighted by Gasteiger charge is 2.19. The van der Waals surface area contributed by atoms with Gasteiger partial charge in [-0.25, -0.2) is 4.98 Å². The summed E-state index contributed by atoms with van der Waals surface area (Å²) in [5.41, 5.74) is 1.60. The van der Waals surface area contributed by atoms with Crippen molar-refractivity contribution in [3.05, 3.63) is 44.3 Å². The maximum atomic E-state index is 12.3. The highest BCUT2D eigenvalue weighted by atomic mass is 79.9. The zero-order valence-electron chi connectivity index (χ0n) is 12.9. The number of nitrogens with zero attached hydrogens (tertiary/aromatic N) is 1. The first kappa shape index (κ1) is 17.0. The van der Waals surface area contributed by atoms with Crippen molar-refractivity contribution in [3.8, 4) is 5.75 Å². The zero-order valence-corrected chi connectivity index (χ0v) is 15.3. The summed E-state index contributed by atoms with van der Waals surface area (Å²) in [7, 11) is 1.65. The number of ether oxygens (including phenoxy) is 1. The van der Waals surface area contributed by atoms with Gasteiger partial charge in [0.1, 0.15) is 11.4 Å². The van der Waals surface area contributed by atoms with Crippen molar-refractivity contribution in [3.63, 3.8) is 0 Å². The number of hydrogen-bond donors (Lipinski definition) is 1. The number of rotatable bonds is 6. The van der Waals surface area contributed by atoms with Gasteiger partial charge in [-0.1, -0.05) is 32.0 Å². The molecule has 0 unspecified atom stereocenters. The van der Waals surface area contributed by atoms with Gasteiger partial charge in [0.2, 0.25) is 0 Å². The van der Waals surface area contributed by atoms with Crippen LogP contribution < -0.4 is 10.1 Å². The molecule has 0 radical (unpaired) electrons. The van der Waals surface area contributed by atoms with Gasteiger partial charge in [-0.05, 0) is 39.9 Å². The van der Waals surface area contributed by atoms with E-state index >= 15 is 0 Å². The van der Waals surface area contributed by atoms with Crippen LogP contribution >= 0.6 is 27.3 Å². The van der Waals surface area contributed by atoms with Crippen LogP contribution in [-0.2, 0) is 6.42 Å². The smallest absolute Gasteiger partial charge is 0.271 e. The van der Waals surface area contributed by atoms with E-state index in [0.29, 0.717) is 12.2 Å². The standard InChI is InChI=1S/C16H19BrN2O2S/c1-10(2)14-13(19-16(17)22-14)15(20)18-9-8-11-6-4-5-7-12(11)21-3/h4-7,10H,8-9H2,1-3H3,(H,18,20).